The summed E-state index contributed by atoms with van der Waals surface area (Å²) in [5.74, 6) is 0.910. The van der Waals surface area contributed by atoms with E-state index in [1.54, 1.807) is 51.0 Å². The minimum atomic E-state index is -0.960. The fraction of sp³-hybridized carbons (Fsp3) is 0.419. The molecule has 4 aliphatic rings. The van der Waals surface area contributed by atoms with Gasteiger partial charge in [-0.15, -0.1) is 11.3 Å². The van der Waals surface area contributed by atoms with Gasteiger partial charge in [-0.1, -0.05) is 13.8 Å². The van der Waals surface area contributed by atoms with E-state index in [0.717, 1.165) is 41.0 Å². The molecule has 3 aromatic rings. The van der Waals surface area contributed by atoms with Crippen molar-refractivity contribution in [1.29, 1.82) is 0 Å². The summed E-state index contributed by atoms with van der Waals surface area (Å²) in [5, 5.41) is 29.3. The van der Waals surface area contributed by atoms with Crippen molar-refractivity contribution in [1.82, 2.24) is 24.6 Å². The molecule has 6 heterocycles. The molecule has 12 heteroatoms. The van der Waals surface area contributed by atoms with Gasteiger partial charge >= 0.3 is 0 Å². The highest BCUT2D eigenvalue weighted by molar-refractivity contribution is 7.14. The summed E-state index contributed by atoms with van der Waals surface area (Å²) in [6, 6.07) is 3.69. The Morgan fingerprint density at radius 2 is 1.98 bits per heavy atom. The number of nitrogens with one attached hydrogen (secondary N) is 1. The molecule has 0 aromatic carbocycles. The smallest absolute Gasteiger partial charge is 0.269 e. The number of anilines is 2. The third kappa shape index (κ3) is 4.64. The number of nitrogens with zero attached hydrogens (tertiary/aromatic N) is 6. The Hall–Kier alpha value is -4.00. The molecule has 224 valence electrons. The number of fused-ring (bicyclic) bond motifs is 4. The van der Waals surface area contributed by atoms with Crippen LogP contribution in [0.1, 0.15) is 56.3 Å². The zero-order valence-electron chi connectivity index (χ0n) is 24.7. The lowest BCUT2D eigenvalue weighted by molar-refractivity contribution is -0.132. The van der Waals surface area contributed by atoms with Crippen molar-refractivity contribution < 1.29 is 19.8 Å². The molecular weight excluding hydrogens is 566 g/mol. The van der Waals surface area contributed by atoms with E-state index >= 15 is 0 Å². The van der Waals surface area contributed by atoms with Gasteiger partial charge in [0.1, 0.15) is 12.4 Å². The molecule has 0 fully saturated rings. The van der Waals surface area contributed by atoms with Gasteiger partial charge in [-0.3, -0.25) is 19.2 Å². The molecular formula is C31H35N7O4S. The molecule has 0 radical (unpaired) electrons. The highest BCUT2D eigenvalue weighted by Gasteiger charge is 2.39. The fourth-order valence-electron chi connectivity index (χ4n) is 6.65. The summed E-state index contributed by atoms with van der Waals surface area (Å²) in [5.41, 5.74) is 6.18. The largest absolute Gasteiger partial charge is 0.392 e. The Bertz CT molecular complexity index is 1740. The van der Waals surface area contributed by atoms with Crippen LogP contribution in [0.15, 0.2) is 36.3 Å². The van der Waals surface area contributed by atoms with E-state index in [4.69, 9.17) is 0 Å². The van der Waals surface area contributed by atoms with Crippen LogP contribution in [0.4, 0.5) is 11.6 Å². The number of carbonyl (C=O) groups is 2. The highest BCUT2D eigenvalue weighted by Crippen LogP contribution is 2.46. The predicted octanol–water partition coefficient (Wildman–Crippen LogP) is 2.73. The fourth-order valence-corrected chi connectivity index (χ4v) is 8.22. The number of amides is 2. The van der Waals surface area contributed by atoms with Crippen molar-refractivity contribution in [2.45, 2.75) is 59.0 Å². The number of aliphatic hydroxyl groups is 2. The van der Waals surface area contributed by atoms with Crippen LogP contribution < -0.4 is 10.2 Å². The number of hydrogen-bond acceptors (Lipinski definition) is 9. The SMILES string of the molecule is CN1Cc2cc(NC3=CC(c4ccnc(N5CCc6c(sc7c6CC(C)(C)C7)C5=O)c4CO)=CN(C)C3O)nn2CC1=O. The first-order valence-electron chi connectivity index (χ1n) is 14.5. The number of hydrogen-bond donors (Lipinski definition) is 3. The summed E-state index contributed by atoms with van der Waals surface area (Å²) in [7, 11) is 3.52. The second kappa shape index (κ2) is 10.0. The lowest BCUT2D eigenvalue weighted by atomic mass is 9.89. The van der Waals surface area contributed by atoms with E-state index < -0.39 is 6.23 Å². The number of likely N-dealkylation sites (N-methyl/N-ethyl adjacent to an activating group) is 2. The Labute approximate surface area is 253 Å². The van der Waals surface area contributed by atoms with Crippen molar-refractivity contribution in [3.05, 3.63) is 74.0 Å². The Balaban J connectivity index is 1.19. The van der Waals surface area contributed by atoms with Crippen LogP contribution in [0.5, 0.6) is 0 Å². The monoisotopic (exact) mass is 601 g/mol. The van der Waals surface area contributed by atoms with Crippen LogP contribution in [-0.4, -0.2) is 73.5 Å². The molecule has 1 unspecified atom stereocenters. The maximum atomic E-state index is 13.8. The molecule has 11 nitrogen and oxygen atoms in total. The van der Waals surface area contributed by atoms with E-state index in [2.05, 4.69) is 29.2 Å². The van der Waals surface area contributed by atoms with Crippen LogP contribution in [-0.2, 0) is 43.8 Å². The molecule has 43 heavy (non-hydrogen) atoms. The van der Waals surface area contributed by atoms with Gasteiger partial charge in [0.25, 0.3) is 5.91 Å². The van der Waals surface area contributed by atoms with Crippen LogP contribution >= 0.6 is 11.3 Å². The van der Waals surface area contributed by atoms with Gasteiger partial charge < -0.3 is 25.3 Å². The lowest BCUT2D eigenvalue weighted by Gasteiger charge is -2.31. The number of aliphatic hydroxyl groups excluding tert-OH is 2. The average molecular weight is 602 g/mol. The van der Waals surface area contributed by atoms with Crippen LogP contribution in [0, 0.1) is 5.41 Å². The van der Waals surface area contributed by atoms with Gasteiger partial charge in [0.15, 0.2) is 12.0 Å². The summed E-state index contributed by atoms with van der Waals surface area (Å²) in [4.78, 5) is 37.7. The Morgan fingerprint density at radius 1 is 1.16 bits per heavy atom. The van der Waals surface area contributed by atoms with Gasteiger partial charge in [-0.05, 0) is 53.5 Å². The standard InChI is InChI=1S/C31H35N7O4S/c1-31(2)11-21-20-6-8-37(30(42)27(20)43-24(21)12-31)28-22(16-39)19(5-7-32-28)17-9-23(29(41)36(4)13-17)33-25-10-18-14-35(3)26(40)15-38(18)34-25/h5,7,9-10,13,29,39,41H,6,8,11-12,14-16H2,1-4H3,(H,33,34). The van der Waals surface area contributed by atoms with E-state index in [0.29, 0.717) is 36.0 Å². The molecule has 0 spiro atoms. The maximum Gasteiger partial charge on any atom is 0.269 e. The summed E-state index contributed by atoms with van der Waals surface area (Å²) >= 11 is 1.62. The molecule has 0 saturated carbocycles. The number of carbonyl (C=O) groups excluding carboxylic acids is 2. The summed E-state index contributed by atoms with van der Waals surface area (Å²) in [6.07, 6.45) is 7.09. The van der Waals surface area contributed by atoms with Gasteiger partial charge in [0, 0.05) is 55.1 Å². The van der Waals surface area contributed by atoms with Crippen LogP contribution in [0.25, 0.3) is 5.57 Å². The Kier molecular flexibility index (Phi) is 6.49. The molecule has 2 amide bonds. The maximum absolute atomic E-state index is 13.8. The highest BCUT2D eigenvalue weighted by atomic mass is 32.1. The van der Waals surface area contributed by atoms with E-state index in [9.17, 15) is 19.8 Å². The molecule has 0 bridgehead atoms. The summed E-state index contributed by atoms with van der Waals surface area (Å²) in [6.45, 7) is 5.38. The lowest BCUT2D eigenvalue weighted by Crippen LogP contribution is -2.38. The van der Waals surface area contributed by atoms with Crippen molar-refractivity contribution in [2.24, 2.45) is 5.41 Å². The molecule has 3 aromatic heterocycles. The molecule has 3 aliphatic heterocycles. The normalized spacial score (nSPS) is 21.0. The minimum absolute atomic E-state index is 0.00965. The molecule has 1 aliphatic carbocycles. The third-order valence-electron chi connectivity index (χ3n) is 8.84. The Morgan fingerprint density at radius 3 is 2.77 bits per heavy atom. The molecule has 0 saturated heterocycles. The van der Waals surface area contributed by atoms with Crippen LogP contribution in [0.3, 0.4) is 0 Å². The van der Waals surface area contributed by atoms with Crippen molar-refractivity contribution in [3.8, 4) is 0 Å². The quantitative estimate of drug-likeness (QED) is 0.408. The van der Waals surface area contributed by atoms with E-state index in [1.165, 1.54) is 16.0 Å². The predicted molar refractivity (Wildman–Crippen MR) is 163 cm³/mol. The zero-order valence-corrected chi connectivity index (χ0v) is 25.5. The second-order valence-corrected chi connectivity index (χ2v) is 13.7. The first-order chi connectivity index (χ1) is 20.5. The van der Waals surface area contributed by atoms with Crippen molar-refractivity contribution >= 4 is 40.4 Å². The third-order valence-corrected chi connectivity index (χ3v) is 10.1. The number of aromatic nitrogens is 3. The second-order valence-electron chi connectivity index (χ2n) is 12.6. The molecule has 1 atom stereocenters. The summed E-state index contributed by atoms with van der Waals surface area (Å²) < 4.78 is 1.67. The first kappa shape index (κ1) is 27.8. The van der Waals surface area contributed by atoms with Crippen molar-refractivity contribution in [3.63, 3.8) is 0 Å². The molecule has 3 N–H and O–H groups in total. The number of thiophene rings is 1. The molecule has 7 rings (SSSR count). The topological polar surface area (TPSA) is 127 Å². The minimum Gasteiger partial charge on any atom is -0.392 e. The van der Waals surface area contributed by atoms with Gasteiger partial charge in [0.2, 0.25) is 5.91 Å². The van der Waals surface area contributed by atoms with Crippen LogP contribution in [0.2, 0.25) is 0 Å². The van der Waals surface area contributed by atoms with E-state index in [-0.39, 0.29) is 30.4 Å². The average Bonchev–Trinajstić information content (AvgIpc) is 3.60. The number of allylic oxidation sites excluding steroid dienone is 2. The van der Waals surface area contributed by atoms with Gasteiger partial charge in [-0.2, -0.15) is 5.10 Å². The number of pyridine rings is 1. The van der Waals surface area contributed by atoms with Gasteiger partial charge in [0.05, 0.1) is 29.4 Å². The number of rotatable bonds is 5. The van der Waals surface area contributed by atoms with Crippen molar-refractivity contribution in [2.75, 3.05) is 30.9 Å². The van der Waals surface area contributed by atoms with E-state index in [1.807, 2.05) is 24.4 Å². The first-order valence-corrected chi connectivity index (χ1v) is 15.3. The van der Waals surface area contributed by atoms with Gasteiger partial charge in [-0.25, -0.2) is 4.98 Å². The zero-order chi connectivity index (χ0) is 30.2.